The lowest BCUT2D eigenvalue weighted by Crippen LogP contribution is -2.31. The minimum atomic E-state index is -0.317. The second-order valence-electron chi connectivity index (χ2n) is 5.86. The van der Waals surface area contributed by atoms with E-state index in [0.29, 0.717) is 17.8 Å². The first kappa shape index (κ1) is 16.1. The molecule has 0 radical (unpaired) electrons. The van der Waals surface area contributed by atoms with Crippen LogP contribution in [-0.4, -0.2) is 17.4 Å². The zero-order valence-electron chi connectivity index (χ0n) is 14.0. The van der Waals surface area contributed by atoms with Crippen LogP contribution in [-0.2, 0) is 0 Å². The van der Waals surface area contributed by atoms with Gasteiger partial charge in [-0.05, 0) is 63.2 Å². The van der Waals surface area contributed by atoms with Gasteiger partial charge in [0.05, 0.1) is 11.1 Å². The van der Waals surface area contributed by atoms with Crippen molar-refractivity contribution in [1.29, 1.82) is 0 Å². The van der Waals surface area contributed by atoms with Gasteiger partial charge >= 0.3 is 0 Å². The number of benzene rings is 2. The number of nitrogens with zero attached hydrogens (tertiary/aromatic N) is 2. The quantitative estimate of drug-likeness (QED) is 0.703. The van der Waals surface area contributed by atoms with Crippen molar-refractivity contribution >= 4 is 22.5 Å². The number of aryl methyl sites for hydroxylation is 2. The summed E-state index contributed by atoms with van der Waals surface area (Å²) in [7, 11) is 0. The number of pyridine rings is 1. The number of fused-ring (bicyclic) bond motifs is 1. The number of anilines is 1. The summed E-state index contributed by atoms with van der Waals surface area (Å²) in [5.74, 6) is -0.423. The second kappa shape index (κ2) is 6.40. The summed E-state index contributed by atoms with van der Waals surface area (Å²) >= 11 is 0. The van der Waals surface area contributed by atoms with Gasteiger partial charge in [0.1, 0.15) is 5.82 Å². The summed E-state index contributed by atoms with van der Waals surface area (Å²) in [6, 6.07) is 13.7. The molecule has 0 spiro atoms. The van der Waals surface area contributed by atoms with Crippen molar-refractivity contribution in [2.45, 2.75) is 20.8 Å². The number of aromatic nitrogens is 1. The van der Waals surface area contributed by atoms with E-state index in [4.69, 9.17) is 0 Å². The Hall–Kier alpha value is -2.75. The molecule has 0 aliphatic carbocycles. The highest BCUT2D eigenvalue weighted by molar-refractivity contribution is 6.13. The molecular formula is C20H19FN2O. The van der Waals surface area contributed by atoms with E-state index >= 15 is 0 Å². The Balaban J connectivity index is 2.12. The fourth-order valence-corrected chi connectivity index (χ4v) is 2.86. The number of hydrogen-bond acceptors (Lipinski definition) is 2. The van der Waals surface area contributed by atoms with Gasteiger partial charge < -0.3 is 4.90 Å². The van der Waals surface area contributed by atoms with E-state index in [0.717, 1.165) is 22.2 Å². The smallest absolute Gasteiger partial charge is 0.259 e. The first-order valence-corrected chi connectivity index (χ1v) is 7.95. The molecule has 1 amide bonds. The van der Waals surface area contributed by atoms with Crippen LogP contribution in [0, 0.1) is 19.7 Å². The van der Waals surface area contributed by atoms with Crippen LogP contribution < -0.4 is 4.90 Å². The Morgan fingerprint density at radius 2 is 1.79 bits per heavy atom. The number of carbonyl (C=O) groups is 1. The molecule has 2 aromatic carbocycles. The van der Waals surface area contributed by atoms with Crippen LogP contribution in [0.5, 0.6) is 0 Å². The van der Waals surface area contributed by atoms with Crippen molar-refractivity contribution in [2.75, 3.05) is 11.4 Å². The maximum atomic E-state index is 13.2. The highest BCUT2D eigenvalue weighted by Crippen LogP contribution is 2.24. The Bertz CT molecular complexity index is 903. The topological polar surface area (TPSA) is 33.2 Å². The molecule has 0 bridgehead atoms. The lowest BCUT2D eigenvalue weighted by atomic mass is 10.0. The Labute approximate surface area is 140 Å². The molecule has 3 nitrogen and oxygen atoms in total. The summed E-state index contributed by atoms with van der Waals surface area (Å²) in [5, 5.41) is 0.839. The van der Waals surface area contributed by atoms with Gasteiger partial charge in [0.2, 0.25) is 0 Å². The van der Waals surface area contributed by atoms with E-state index < -0.39 is 0 Å². The lowest BCUT2D eigenvalue weighted by Gasteiger charge is -2.22. The lowest BCUT2D eigenvalue weighted by molar-refractivity contribution is 0.0989. The number of halogens is 1. The van der Waals surface area contributed by atoms with Gasteiger partial charge in [-0.2, -0.15) is 0 Å². The van der Waals surface area contributed by atoms with Crippen LogP contribution in [0.2, 0.25) is 0 Å². The van der Waals surface area contributed by atoms with Crippen LogP contribution >= 0.6 is 0 Å². The molecule has 0 atom stereocenters. The van der Waals surface area contributed by atoms with Gasteiger partial charge in [0, 0.05) is 23.3 Å². The van der Waals surface area contributed by atoms with E-state index in [1.54, 1.807) is 17.0 Å². The highest BCUT2D eigenvalue weighted by atomic mass is 19.1. The van der Waals surface area contributed by atoms with Crippen LogP contribution in [0.1, 0.15) is 28.5 Å². The van der Waals surface area contributed by atoms with Crippen LogP contribution in [0.3, 0.4) is 0 Å². The Kier molecular flexibility index (Phi) is 4.30. The molecule has 0 aliphatic rings. The van der Waals surface area contributed by atoms with E-state index in [1.807, 2.05) is 45.0 Å². The molecule has 0 saturated heterocycles. The van der Waals surface area contributed by atoms with Crippen molar-refractivity contribution in [3.63, 3.8) is 0 Å². The van der Waals surface area contributed by atoms with Crippen LogP contribution in [0.25, 0.3) is 10.9 Å². The third-order valence-corrected chi connectivity index (χ3v) is 4.02. The predicted octanol–water partition coefficient (Wildman–Crippen LogP) is 4.66. The van der Waals surface area contributed by atoms with Gasteiger partial charge in [-0.1, -0.05) is 11.6 Å². The fraction of sp³-hybridized carbons (Fsp3) is 0.200. The molecule has 0 N–H and O–H groups in total. The summed E-state index contributed by atoms with van der Waals surface area (Å²) in [5.41, 5.74) is 3.97. The van der Waals surface area contributed by atoms with Crippen molar-refractivity contribution in [3.05, 3.63) is 71.2 Å². The monoisotopic (exact) mass is 322 g/mol. The number of rotatable bonds is 3. The molecule has 3 aromatic rings. The Morgan fingerprint density at radius 1 is 1.08 bits per heavy atom. The SMILES string of the molecule is CCN(C(=O)c1cc(C)nc2ccc(C)cc12)c1ccc(F)cc1. The van der Waals surface area contributed by atoms with Gasteiger partial charge in [0.25, 0.3) is 5.91 Å². The van der Waals surface area contributed by atoms with E-state index in [-0.39, 0.29) is 11.7 Å². The third kappa shape index (κ3) is 3.00. The first-order valence-electron chi connectivity index (χ1n) is 7.95. The zero-order valence-corrected chi connectivity index (χ0v) is 14.0. The summed E-state index contributed by atoms with van der Waals surface area (Å²) < 4.78 is 13.2. The number of carbonyl (C=O) groups excluding carboxylic acids is 1. The Morgan fingerprint density at radius 3 is 2.46 bits per heavy atom. The van der Waals surface area contributed by atoms with Crippen molar-refractivity contribution in [3.8, 4) is 0 Å². The van der Waals surface area contributed by atoms with Gasteiger partial charge in [0.15, 0.2) is 0 Å². The molecule has 1 aromatic heterocycles. The third-order valence-electron chi connectivity index (χ3n) is 4.02. The van der Waals surface area contributed by atoms with Crippen molar-refractivity contribution in [2.24, 2.45) is 0 Å². The summed E-state index contributed by atoms with van der Waals surface area (Å²) in [6.45, 7) is 6.28. The molecule has 0 aliphatic heterocycles. The normalized spacial score (nSPS) is 10.8. The molecule has 0 saturated carbocycles. The predicted molar refractivity (Wildman–Crippen MR) is 95.0 cm³/mol. The summed E-state index contributed by atoms with van der Waals surface area (Å²) in [4.78, 5) is 19.3. The maximum absolute atomic E-state index is 13.2. The standard InChI is InChI=1S/C20H19FN2O/c1-4-23(16-8-6-15(21)7-9-16)20(24)18-12-14(3)22-19-10-5-13(2)11-17(18)19/h5-12H,4H2,1-3H3. The van der Waals surface area contributed by atoms with Crippen LogP contribution in [0.15, 0.2) is 48.5 Å². The van der Waals surface area contributed by atoms with Crippen LogP contribution in [0.4, 0.5) is 10.1 Å². The maximum Gasteiger partial charge on any atom is 0.259 e. The fourth-order valence-electron chi connectivity index (χ4n) is 2.86. The van der Waals surface area contributed by atoms with Crippen molar-refractivity contribution < 1.29 is 9.18 Å². The zero-order chi connectivity index (χ0) is 17.3. The van der Waals surface area contributed by atoms with E-state index in [2.05, 4.69) is 4.98 Å². The van der Waals surface area contributed by atoms with E-state index in [1.165, 1.54) is 12.1 Å². The average Bonchev–Trinajstić information content (AvgIpc) is 2.56. The largest absolute Gasteiger partial charge is 0.309 e. The minimum absolute atomic E-state index is 0.106. The van der Waals surface area contributed by atoms with Gasteiger partial charge in [-0.3, -0.25) is 9.78 Å². The number of hydrogen-bond donors (Lipinski definition) is 0. The average molecular weight is 322 g/mol. The molecule has 0 fully saturated rings. The second-order valence-corrected chi connectivity index (χ2v) is 5.86. The summed E-state index contributed by atoms with van der Waals surface area (Å²) in [6.07, 6.45) is 0. The first-order chi connectivity index (χ1) is 11.5. The molecule has 122 valence electrons. The molecule has 4 heteroatoms. The molecule has 0 unspecified atom stereocenters. The molecular weight excluding hydrogens is 303 g/mol. The molecule has 1 heterocycles. The van der Waals surface area contributed by atoms with E-state index in [9.17, 15) is 9.18 Å². The number of amides is 1. The minimum Gasteiger partial charge on any atom is -0.309 e. The van der Waals surface area contributed by atoms with Crippen molar-refractivity contribution in [1.82, 2.24) is 4.98 Å². The molecule has 24 heavy (non-hydrogen) atoms. The van der Waals surface area contributed by atoms with Gasteiger partial charge in [-0.15, -0.1) is 0 Å². The highest BCUT2D eigenvalue weighted by Gasteiger charge is 2.19. The van der Waals surface area contributed by atoms with Gasteiger partial charge in [-0.25, -0.2) is 4.39 Å². The molecule has 3 rings (SSSR count).